The summed E-state index contributed by atoms with van der Waals surface area (Å²) in [6.45, 7) is 5.45. The fourth-order valence-corrected chi connectivity index (χ4v) is 2.91. The van der Waals surface area contributed by atoms with Crippen LogP contribution >= 0.6 is 11.6 Å². The standard InChI is InChI=1S/C17H23ClN2O2/c1-12(2)15(17(22)20-10-6-3-7-11-20)19-16(21)13-8-4-5-9-14(13)18/h4-5,8-9,12,15H,3,6-7,10-11H2,1-2H3,(H,19,21)/t15-/m1/s1. The summed E-state index contributed by atoms with van der Waals surface area (Å²) in [5, 5.41) is 3.25. The Bertz CT molecular complexity index is 539. The molecule has 0 aliphatic carbocycles. The average molecular weight is 323 g/mol. The van der Waals surface area contributed by atoms with Gasteiger partial charge in [-0.2, -0.15) is 0 Å². The van der Waals surface area contributed by atoms with Crippen molar-refractivity contribution in [3.8, 4) is 0 Å². The van der Waals surface area contributed by atoms with Crippen molar-refractivity contribution in [1.82, 2.24) is 10.2 Å². The summed E-state index contributed by atoms with van der Waals surface area (Å²) < 4.78 is 0. The van der Waals surface area contributed by atoms with E-state index in [1.54, 1.807) is 24.3 Å². The van der Waals surface area contributed by atoms with Gasteiger partial charge >= 0.3 is 0 Å². The quantitative estimate of drug-likeness (QED) is 0.926. The minimum absolute atomic E-state index is 0.00936. The van der Waals surface area contributed by atoms with Crippen molar-refractivity contribution in [3.63, 3.8) is 0 Å². The lowest BCUT2D eigenvalue weighted by Gasteiger charge is -2.32. The molecular formula is C17H23ClN2O2. The molecule has 1 aromatic carbocycles. The van der Waals surface area contributed by atoms with Crippen LogP contribution in [0.3, 0.4) is 0 Å². The molecule has 2 rings (SSSR count). The number of carbonyl (C=O) groups excluding carboxylic acids is 2. The smallest absolute Gasteiger partial charge is 0.253 e. The summed E-state index contributed by atoms with van der Waals surface area (Å²) in [5.41, 5.74) is 0.404. The zero-order valence-corrected chi connectivity index (χ0v) is 13.9. The number of carbonyl (C=O) groups is 2. The van der Waals surface area contributed by atoms with Crippen molar-refractivity contribution in [2.75, 3.05) is 13.1 Å². The third kappa shape index (κ3) is 4.01. The molecule has 5 heteroatoms. The van der Waals surface area contributed by atoms with Crippen LogP contribution in [0.4, 0.5) is 0 Å². The van der Waals surface area contributed by atoms with E-state index in [1.807, 2.05) is 18.7 Å². The number of halogens is 1. The fourth-order valence-electron chi connectivity index (χ4n) is 2.69. The van der Waals surface area contributed by atoms with Crippen LogP contribution in [0.1, 0.15) is 43.5 Å². The predicted molar refractivity (Wildman–Crippen MR) is 88.0 cm³/mol. The van der Waals surface area contributed by atoms with Gasteiger partial charge in [-0.1, -0.05) is 37.6 Å². The van der Waals surface area contributed by atoms with Gasteiger partial charge in [0.25, 0.3) is 5.91 Å². The molecule has 4 nitrogen and oxygen atoms in total. The van der Waals surface area contributed by atoms with Gasteiger partial charge in [-0.25, -0.2) is 0 Å². The molecule has 0 radical (unpaired) electrons. The van der Waals surface area contributed by atoms with E-state index in [0.29, 0.717) is 10.6 Å². The lowest BCUT2D eigenvalue weighted by atomic mass is 10.0. The highest BCUT2D eigenvalue weighted by molar-refractivity contribution is 6.33. The Labute approximate surface area is 136 Å². The minimum atomic E-state index is -0.512. The highest BCUT2D eigenvalue weighted by atomic mass is 35.5. The number of nitrogens with one attached hydrogen (secondary N) is 1. The van der Waals surface area contributed by atoms with Gasteiger partial charge in [0.1, 0.15) is 6.04 Å². The second-order valence-corrected chi connectivity index (χ2v) is 6.47. The molecule has 1 saturated heterocycles. The molecule has 1 atom stereocenters. The Morgan fingerprint density at radius 3 is 2.36 bits per heavy atom. The third-order valence-electron chi connectivity index (χ3n) is 4.01. The largest absolute Gasteiger partial charge is 0.341 e. The van der Waals surface area contributed by atoms with Crippen molar-refractivity contribution in [1.29, 1.82) is 0 Å². The zero-order chi connectivity index (χ0) is 16.1. The summed E-state index contributed by atoms with van der Waals surface area (Å²) in [4.78, 5) is 26.9. The number of benzene rings is 1. The monoisotopic (exact) mass is 322 g/mol. The van der Waals surface area contributed by atoms with Crippen molar-refractivity contribution in [3.05, 3.63) is 34.9 Å². The van der Waals surface area contributed by atoms with Crippen LogP contribution in [0.15, 0.2) is 24.3 Å². The van der Waals surface area contributed by atoms with E-state index < -0.39 is 6.04 Å². The number of hydrogen-bond acceptors (Lipinski definition) is 2. The number of rotatable bonds is 4. The Morgan fingerprint density at radius 2 is 1.77 bits per heavy atom. The van der Waals surface area contributed by atoms with E-state index in [1.165, 1.54) is 6.42 Å². The second-order valence-electron chi connectivity index (χ2n) is 6.06. The number of likely N-dealkylation sites (tertiary alicyclic amines) is 1. The van der Waals surface area contributed by atoms with E-state index in [9.17, 15) is 9.59 Å². The minimum Gasteiger partial charge on any atom is -0.341 e. The maximum absolute atomic E-state index is 12.7. The summed E-state index contributed by atoms with van der Waals surface area (Å²) in [5.74, 6) is -0.259. The van der Waals surface area contributed by atoms with Crippen LogP contribution < -0.4 is 5.32 Å². The van der Waals surface area contributed by atoms with Gasteiger partial charge in [-0.05, 0) is 37.3 Å². The second kappa shape index (κ2) is 7.63. The maximum atomic E-state index is 12.7. The highest BCUT2D eigenvalue weighted by Gasteiger charge is 2.29. The van der Waals surface area contributed by atoms with Gasteiger partial charge in [-0.15, -0.1) is 0 Å². The SMILES string of the molecule is CC(C)[C@@H](NC(=O)c1ccccc1Cl)C(=O)N1CCCCC1. The van der Waals surface area contributed by atoms with Crippen molar-refractivity contribution in [2.24, 2.45) is 5.92 Å². The molecule has 0 saturated carbocycles. The Kier molecular flexibility index (Phi) is 5.83. The lowest BCUT2D eigenvalue weighted by Crippen LogP contribution is -2.52. The molecular weight excluding hydrogens is 300 g/mol. The summed E-state index contributed by atoms with van der Waals surface area (Å²) in [6.07, 6.45) is 3.24. The molecule has 0 spiro atoms. The van der Waals surface area contributed by atoms with E-state index in [0.717, 1.165) is 25.9 Å². The molecule has 2 amide bonds. The summed E-state index contributed by atoms with van der Waals surface area (Å²) in [7, 11) is 0. The summed E-state index contributed by atoms with van der Waals surface area (Å²) in [6, 6.07) is 6.37. The molecule has 1 aromatic rings. The van der Waals surface area contributed by atoms with E-state index >= 15 is 0 Å². The van der Waals surface area contributed by atoms with Gasteiger partial charge < -0.3 is 10.2 Å². The fraction of sp³-hybridized carbons (Fsp3) is 0.529. The average Bonchev–Trinajstić information content (AvgIpc) is 2.52. The number of nitrogens with zero attached hydrogens (tertiary/aromatic N) is 1. The van der Waals surface area contributed by atoms with Crippen LogP contribution in [-0.4, -0.2) is 35.8 Å². The van der Waals surface area contributed by atoms with Crippen LogP contribution in [0.25, 0.3) is 0 Å². The van der Waals surface area contributed by atoms with Crippen LogP contribution in [0.2, 0.25) is 5.02 Å². The Morgan fingerprint density at radius 1 is 1.14 bits per heavy atom. The number of piperidine rings is 1. The maximum Gasteiger partial charge on any atom is 0.253 e. The number of amides is 2. The first-order valence-corrected chi connectivity index (χ1v) is 8.22. The van der Waals surface area contributed by atoms with Gasteiger partial charge in [0.05, 0.1) is 10.6 Å². The Balaban J connectivity index is 2.10. The first-order valence-electron chi connectivity index (χ1n) is 7.85. The zero-order valence-electron chi connectivity index (χ0n) is 13.1. The molecule has 1 aliphatic heterocycles. The highest BCUT2D eigenvalue weighted by Crippen LogP contribution is 2.17. The van der Waals surface area contributed by atoms with Gasteiger partial charge in [0.2, 0.25) is 5.91 Å². The molecule has 1 heterocycles. The van der Waals surface area contributed by atoms with Crippen LogP contribution in [0, 0.1) is 5.92 Å². The van der Waals surface area contributed by atoms with Crippen molar-refractivity contribution >= 4 is 23.4 Å². The van der Waals surface area contributed by atoms with E-state index in [4.69, 9.17) is 11.6 Å². The molecule has 1 N–H and O–H groups in total. The predicted octanol–water partition coefficient (Wildman–Crippen LogP) is 3.11. The molecule has 120 valence electrons. The first-order chi connectivity index (χ1) is 10.5. The molecule has 1 aliphatic rings. The lowest BCUT2D eigenvalue weighted by molar-refractivity contribution is -0.135. The normalized spacial score (nSPS) is 16.5. The molecule has 0 unspecified atom stereocenters. The van der Waals surface area contributed by atoms with Crippen LogP contribution in [0.5, 0.6) is 0 Å². The Hall–Kier alpha value is -1.55. The molecule has 0 bridgehead atoms. The van der Waals surface area contributed by atoms with Crippen molar-refractivity contribution in [2.45, 2.75) is 39.2 Å². The van der Waals surface area contributed by atoms with E-state index in [-0.39, 0.29) is 17.7 Å². The topological polar surface area (TPSA) is 49.4 Å². The molecule has 22 heavy (non-hydrogen) atoms. The van der Waals surface area contributed by atoms with Crippen LogP contribution in [-0.2, 0) is 4.79 Å². The number of hydrogen-bond donors (Lipinski definition) is 1. The molecule has 1 fully saturated rings. The van der Waals surface area contributed by atoms with Gasteiger partial charge in [-0.3, -0.25) is 9.59 Å². The third-order valence-corrected chi connectivity index (χ3v) is 4.34. The van der Waals surface area contributed by atoms with Gasteiger partial charge in [0, 0.05) is 13.1 Å². The van der Waals surface area contributed by atoms with E-state index in [2.05, 4.69) is 5.32 Å². The van der Waals surface area contributed by atoms with Gasteiger partial charge in [0.15, 0.2) is 0 Å². The first kappa shape index (κ1) is 16.8. The van der Waals surface area contributed by atoms with Crippen molar-refractivity contribution < 1.29 is 9.59 Å². The molecule has 0 aromatic heterocycles. The summed E-state index contributed by atoms with van der Waals surface area (Å²) >= 11 is 6.05.